The third kappa shape index (κ3) is 3.16. The van der Waals surface area contributed by atoms with Gasteiger partial charge in [0.05, 0.1) is 18.9 Å². The maximum absolute atomic E-state index is 14.7. The molecule has 31 heavy (non-hydrogen) atoms. The second kappa shape index (κ2) is 7.01. The smallest absolute Gasteiger partial charge is 0.149 e. The molecule has 0 amide bonds. The predicted molar refractivity (Wildman–Crippen MR) is 117 cm³/mol. The van der Waals surface area contributed by atoms with Crippen LogP contribution in [0, 0.1) is 5.82 Å². The van der Waals surface area contributed by atoms with E-state index in [1.54, 1.807) is 23.0 Å². The molecule has 2 aliphatic carbocycles. The predicted octanol–water partition coefficient (Wildman–Crippen LogP) is 5.68. The van der Waals surface area contributed by atoms with Crippen molar-refractivity contribution in [3.8, 4) is 11.1 Å². The number of nitrogens with zero attached hydrogens (tertiary/aromatic N) is 5. The minimum Gasteiger partial charge on any atom is -0.332 e. The van der Waals surface area contributed by atoms with Crippen LogP contribution in [0.1, 0.15) is 68.4 Å². The number of hydrogen-bond acceptors (Lipinski definition) is 3. The van der Waals surface area contributed by atoms with Crippen LogP contribution < -0.4 is 0 Å². The Hall–Kier alpha value is -3.02. The molecular weight excluding hydrogens is 389 g/mol. The average molecular weight is 416 g/mol. The molecule has 0 aliphatic heterocycles. The Kier molecular flexibility index (Phi) is 4.23. The Morgan fingerprint density at radius 1 is 0.968 bits per heavy atom. The highest BCUT2D eigenvalue weighted by molar-refractivity contribution is 5.71. The van der Waals surface area contributed by atoms with Gasteiger partial charge in [-0.15, -0.1) is 0 Å². The summed E-state index contributed by atoms with van der Waals surface area (Å²) in [7, 11) is 0. The zero-order chi connectivity index (χ0) is 21.0. The van der Waals surface area contributed by atoms with E-state index in [1.807, 2.05) is 24.9 Å². The van der Waals surface area contributed by atoms with Gasteiger partial charge in [0, 0.05) is 47.7 Å². The van der Waals surface area contributed by atoms with Gasteiger partial charge in [-0.1, -0.05) is 0 Å². The summed E-state index contributed by atoms with van der Waals surface area (Å²) >= 11 is 0. The summed E-state index contributed by atoms with van der Waals surface area (Å²) in [4.78, 5) is 13.0. The topological polar surface area (TPSA) is 48.0 Å². The molecule has 6 heteroatoms. The van der Waals surface area contributed by atoms with Crippen molar-refractivity contribution in [2.75, 3.05) is 0 Å². The summed E-state index contributed by atoms with van der Waals surface area (Å²) in [5.74, 6) is 0.828. The fourth-order valence-corrected chi connectivity index (χ4v) is 5.39. The average Bonchev–Trinajstić information content (AvgIpc) is 3.25. The highest BCUT2D eigenvalue weighted by Gasteiger charge is 2.36. The van der Waals surface area contributed by atoms with E-state index in [4.69, 9.17) is 0 Å². The standard InChI is InChI=1S/C25H26FN5/c1-25(31-9-8-27-16-31)6-4-17(5-7-25)20-11-28-12-21(24(20)18-2-3-18)19-10-22(26)23-13-29-15-30(23)14-19/h8-18H,2-7H2,1H3. The molecule has 0 radical (unpaired) electrons. The van der Waals surface area contributed by atoms with Crippen molar-refractivity contribution in [1.82, 2.24) is 23.9 Å². The van der Waals surface area contributed by atoms with Crippen molar-refractivity contribution in [2.45, 2.75) is 62.8 Å². The van der Waals surface area contributed by atoms with Crippen molar-refractivity contribution in [3.63, 3.8) is 0 Å². The highest BCUT2D eigenvalue weighted by atomic mass is 19.1. The quantitative estimate of drug-likeness (QED) is 0.431. The van der Waals surface area contributed by atoms with Crippen molar-refractivity contribution in [1.29, 1.82) is 0 Å². The number of rotatable bonds is 4. The maximum atomic E-state index is 14.7. The summed E-state index contributed by atoms with van der Waals surface area (Å²) in [5, 5.41) is 0. The Morgan fingerprint density at radius 2 is 1.81 bits per heavy atom. The van der Waals surface area contributed by atoms with Crippen LogP contribution in [0.2, 0.25) is 0 Å². The van der Waals surface area contributed by atoms with Crippen LogP contribution >= 0.6 is 0 Å². The van der Waals surface area contributed by atoms with E-state index < -0.39 is 0 Å². The second-order valence-corrected chi connectivity index (χ2v) is 9.47. The number of aromatic nitrogens is 5. The molecule has 5 nitrogen and oxygen atoms in total. The summed E-state index contributed by atoms with van der Waals surface area (Å²) in [6.07, 6.45) is 22.0. The molecular formula is C25H26FN5. The van der Waals surface area contributed by atoms with Crippen LogP contribution in [0.3, 0.4) is 0 Å². The van der Waals surface area contributed by atoms with Gasteiger partial charge in [0.15, 0.2) is 0 Å². The number of imidazole rings is 2. The lowest BCUT2D eigenvalue weighted by atomic mass is 9.73. The number of halogens is 1. The van der Waals surface area contributed by atoms with E-state index in [-0.39, 0.29) is 11.4 Å². The molecule has 0 bridgehead atoms. The number of fused-ring (bicyclic) bond motifs is 1. The molecule has 2 aliphatic rings. The van der Waals surface area contributed by atoms with E-state index in [2.05, 4.69) is 38.8 Å². The molecule has 0 saturated heterocycles. The first-order valence-electron chi connectivity index (χ1n) is 11.2. The lowest BCUT2D eigenvalue weighted by Crippen LogP contribution is -2.33. The molecule has 158 valence electrons. The SMILES string of the molecule is CC1(n2ccnc2)CCC(c2cncc(-c3cc(F)c4cncn4c3)c2C2CC2)CC1. The van der Waals surface area contributed by atoms with Crippen molar-refractivity contribution < 1.29 is 4.39 Å². The number of hydrogen-bond donors (Lipinski definition) is 0. The van der Waals surface area contributed by atoms with Crippen LogP contribution in [0.25, 0.3) is 16.6 Å². The minimum atomic E-state index is -0.240. The first-order valence-corrected chi connectivity index (χ1v) is 11.2. The van der Waals surface area contributed by atoms with E-state index in [1.165, 1.54) is 24.0 Å². The minimum absolute atomic E-state index is 0.132. The van der Waals surface area contributed by atoms with Gasteiger partial charge in [0.2, 0.25) is 0 Å². The van der Waals surface area contributed by atoms with Gasteiger partial charge < -0.3 is 8.97 Å². The molecule has 0 unspecified atom stereocenters. The fourth-order valence-electron chi connectivity index (χ4n) is 5.39. The maximum Gasteiger partial charge on any atom is 0.149 e. The lowest BCUT2D eigenvalue weighted by molar-refractivity contribution is 0.201. The molecule has 4 heterocycles. The monoisotopic (exact) mass is 415 g/mol. The van der Waals surface area contributed by atoms with Gasteiger partial charge in [-0.25, -0.2) is 14.4 Å². The third-order valence-corrected chi connectivity index (χ3v) is 7.42. The Balaban J connectivity index is 1.37. The van der Waals surface area contributed by atoms with Crippen LogP contribution in [0.4, 0.5) is 4.39 Å². The lowest BCUT2D eigenvalue weighted by Gasteiger charge is -2.39. The second-order valence-electron chi connectivity index (χ2n) is 9.47. The highest BCUT2D eigenvalue weighted by Crippen LogP contribution is 2.50. The van der Waals surface area contributed by atoms with Crippen LogP contribution in [-0.2, 0) is 5.54 Å². The molecule has 2 saturated carbocycles. The number of pyridine rings is 2. The van der Waals surface area contributed by atoms with Crippen molar-refractivity contribution in [2.24, 2.45) is 0 Å². The molecule has 0 atom stereocenters. The van der Waals surface area contributed by atoms with E-state index in [0.29, 0.717) is 17.4 Å². The van der Waals surface area contributed by atoms with Crippen LogP contribution in [0.15, 0.2) is 55.9 Å². The van der Waals surface area contributed by atoms with Gasteiger partial charge in [-0.05, 0) is 74.5 Å². The largest absolute Gasteiger partial charge is 0.332 e. The molecule has 0 aromatic carbocycles. The molecule has 6 rings (SSSR count). The van der Waals surface area contributed by atoms with E-state index >= 15 is 0 Å². The fraction of sp³-hybridized carbons (Fsp3) is 0.400. The van der Waals surface area contributed by atoms with Gasteiger partial charge in [0.25, 0.3) is 0 Å². The molecule has 4 aromatic rings. The molecule has 4 aromatic heterocycles. The van der Waals surface area contributed by atoms with Crippen molar-refractivity contribution in [3.05, 3.63) is 72.8 Å². The first kappa shape index (κ1) is 18.7. The zero-order valence-corrected chi connectivity index (χ0v) is 17.7. The normalized spacial score (nSPS) is 24.0. The summed E-state index contributed by atoms with van der Waals surface area (Å²) in [5.41, 5.74) is 5.37. The van der Waals surface area contributed by atoms with Gasteiger partial charge in [-0.2, -0.15) is 0 Å². The summed E-state index contributed by atoms with van der Waals surface area (Å²) in [6, 6.07) is 1.64. The summed E-state index contributed by atoms with van der Waals surface area (Å²) in [6.45, 7) is 2.34. The Labute approximate surface area is 181 Å². The van der Waals surface area contributed by atoms with Gasteiger partial charge in [-0.3, -0.25) is 4.98 Å². The van der Waals surface area contributed by atoms with Crippen molar-refractivity contribution >= 4 is 5.52 Å². The molecule has 2 fully saturated rings. The third-order valence-electron chi connectivity index (χ3n) is 7.42. The Morgan fingerprint density at radius 3 is 2.55 bits per heavy atom. The van der Waals surface area contributed by atoms with E-state index in [0.717, 1.165) is 36.8 Å². The Bertz CT molecular complexity index is 1230. The van der Waals surface area contributed by atoms with Crippen LogP contribution in [0.5, 0.6) is 0 Å². The summed E-state index contributed by atoms with van der Waals surface area (Å²) < 4.78 is 18.7. The van der Waals surface area contributed by atoms with Gasteiger partial charge in [0.1, 0.15) is 11.3 Å². The van der Waals surface area contributed by atoms with Crippen LogP contribution in [-0.4, -0.2) is 23.9 Å². The first-order chi connectivity index (χ1) is 15.1. The molecule has 0 spiro atoms. The molecule has 0 N–H and O–H groups in total. The van der Waals surface area contributed by atoms with Gasteiger partial charge >= 0.3 is 0 Å². The zero-order valence-electron chi connectivity index (χ0n) is 17.7. The van der Waals surface area contributed by atoms with E-state index in [9.17, 15) is 4.39 Å².